The van der Waals surface area contributed by atoms with E-state index in [2.05, 4.69) is 52.3 Å². The Morgan fingerprint density at radius 1 is 0.912 bits per heavy atom. The fraction of sp³-hybridized carbons (Fsp3) is 0.536. The number of piperazine rings is 1. The van der Waals surface area contributed by atoms with Crippen LogP contribution in [0, 0.1) is 5.41 Å². The molecule has 4 rings (SSSR count). The topological polar surface area (TPSA) is 62.0 Å². The second-order valence-electron chi connectivity index (χ2n) is 9.93. The molecule has 0 aromatic heterocycles. The maximum Gasteiger partial charge on any atom is 0.236 e. The Balaban J connectivity index is 1.20. The predicted molar refractivity (Wildman–Crippen MR) is 137 cm³/mol. The van der Waals surface area contributed by atoms with E-state index in [0.717, 1.165) is 83.8 Å². The van der Waals surface area contributed by atoms with Gasteiger partial charge in [0.1, 0.15) is 5.75 Å². The summed E-state index contributed by atoms with van der Waals surface area (Å²) in [5, 5.41) is 0. The van der Waals surface area contributed by atoms with E-state index in [1.54, 1.807) is 7.11 Å². The first-order valence-corrected chi connectivity index (χ1v) is 12.7. The number of methoxy groups -OCH3 is 1. The molecule has 0 bridgehead atoms. The molecule has 2 aliphatic rings. The van der Waals surface area contributed by atoms with Crippen LogP contribution in [0.5, 0.6) is 5.75 Å². The summed E-state index contributed by atoms with van der Waals surface area (Å²) in [4.78, 5) is 19.8. The summed E-state index contributed by atoms with van der Waals surface area (Å²) in [5.74, 6) is 1.20. The summed E-state index contributed by atoms with van der Waals surface area (Å²) in [6.45, 7) is 7.46. The minimum atomic E-state index is 0.208. The number of para-hydroxylation sites is 1. The van der Waals surface area contributed by atoms with Gasteiger partial charge in [-0.15, -0.1) is 0 Å². The SMILES string of the molecule is COc1ccccc1CN1CCN(C(=O)CN2CCC(CN)(CCc3ccccc3)CC2)CC1. The lowest BCUT2D eigenvalue weighted by Crippen LogP contribution is -2.52. The molecule has 0 saturated carbocycles. The highest BCUT2D eigenvalue weighted by Gasteiger charge is 2.34. The van der Waals surface area contributed by atoms with E-state index in [0.29, 0.717) is 6.54 Å². The second kappa shape index (κ2) is 11.8. The summed E-state index contributed by atoms with van der Waals surface area (Å²) < 4.78 is 5.49. The highest BCUT2D eigenvalue weighted by atomic mass is 16.5. The maximum absolute atomic E-state index is 13.0. The van der Waals surface area contributed by atoms with Crippen molar-refractivity contribution >= 4 is 5.91 Å². The van der Waals surface area contributed by atoms with Crippen LogP contribution in [-0.4, -0.2) is 80.1 Å². The highest BCUT2D eigenvalue weighted by molar-refractivity contribution is 5.78. The molecule has 6 nitrogen and oxygen atoms in total. The lowest BCUT2D eigenvalue weighted by atomic mass is 9.74. The molecule has 6 heteroatoms. The summed E-state index contributed by atoms with van der Waals surface area (Å²) >= 11 is 0. The first-order chi connectivity index (χ1) is 16.6. The number of nitrogens with two attached hydrogens (primary N) is 1. The van der Waals surface area contributed by atoms with Crippen LogP contribution in [0.3, 0.4) is 0 Å². The number of hydrogen-bond acceptors (Lipinski definition) is 5. The third-order valence-electron chi connectivity index (χ3n) is 7.81. The normalized spacial score (nSPS) is 19.2. The van der Waals surface area contributed by atoms with E-state index < -0.39 is 0 Å². The third-order valence-corrected chi connectivity index (χ3v) is 7.81. The molecule has 34 heavy (non-hydrogen) atoms. The number of rotatable bonds is 9. The van der Waals surface area contributed by atoms with Gasteiger partial charge in [-0.2, -0.15) is 0 Å². The number of ether oxygens (including phenoxy) is 1. The number of benzene rings is 2. The number of piperidine rings is 1. The Morgan fingerprint density at radius 3 is 2.26 bits per heavy atom. The van der Waals surface area contributed by atoms with Gasteiger partial charge >= 0.3 is 0 Å². The molecule has 184 valence electrons. The van der Waals surface area contributed by atoms with E-state index in [-0.39, 0.29) is 11.3 Å². The average Bonchev–Trinajstić information content (AvgIpc) is 2.90. The number of hydrogen-bond donors (Lipinski definition) is 1. The zero-order valence-corrected chi connectivity index (χ0v) is 20.6. The van der Waals surface area contributed by atoms with Crippen LogP contribution in [-0.2, 0) is 17.8 Å². The Bertz CT molecular complexity index is 904. The maximum atomic E-state index is 13.0. The highest BCUT2D eigenvalue weighted by Crippen LogP contribution is 2.35. The monoisotopic (exact) mass is 464 g/mol. The fourth-order valence-corrected chi connectivity index (χ4v) is 5.32. The first-order valence-electron chi connectivity index (χ1n) is 12.7. The molecule has 2 aromatic carbocycles. The third kappa shape index (κ3) is 6.38. The summed E-state index contributed by atoms with van der Waals surface area (Å²) in [5.41, 5.74) is 9.04. The molecule has 2 N–H and O–H groups in total. The standard InChI is InChI=1S/C28H40N4O2/c1-34-26-10-6-5-9-25(26)21-31-17-19-32(20-18-31)27(33)22-30-15-13-28(23-29,14-16-30)12-11-24-7-3-2-4-8-24/h2-10H,11-23,29H2,1H3. The van der Waals surface area contributed by atoms with E-state index in [1.807, 2.05) is 17.0 Å². The van der Waals surface area contributed by atoms with Crippen molar-refractivity contribution in [3.8, 4) is 5.75 Å². The van der Waals surface area contributed by atoms with Gasteiger partial charge in [-0.3, -0.25) is 14.6 Å². The molecule has 0 aliphatic carbocycles. The van der Waals surface area contributed by atoms with E-state index >= 15 is 0 Å². The van der Waals surface area contributed by atoms with Crippen LogP contribution in [0.4, 0.5) is 0 Å². The molecule has 0 unspecified atom stereocenters. The Morgan fingerprint density at radius 2 is 1.59 bits per heavy atom. The van der Waals surface area contributed by atoms with Crippen molar-refractivity contribution in [2.75, 3.05) is 59.5 Å². The van der Waals surface area contributed by atoms with Crippen LogP contribution in [0.1, 0.15) is 30.4 Å². The number of carbonyl (C=O) groups excluding carboxylic acids is 1. The minimum Gasteiger partial charge on any atom is -0.496 e. The summed E-state index contributed by atoms with van der Waals surface area (Å²) in [7, 11) is 1.72. The largest absolute Gasteiger partial charge is 0.496 e. The Labute approximate surface area is 204 Å². The van der Waals surface area contributed by atoms with Crippen LogP contribution in [0.2, 0.25) is 0 Å². The van der Waals surface area contributed by atoms with Crippen LogP contribution in [0.25, 0.3) is 0 Å². The lowest BCUT2D eigenvalue weighted by Gasteiger charge is -2.42. The van der Waals surface area contributed by atoms with Gasteiger partial charge in [-0.25, -0.2) is 0 Å². The lowest BCUT2D eigenvalue weighted by molar-refractivity contribution is -0.134. The van der Waals surface area contributed by atoms with Gasteiger partial charge in [-0.1, -0.05) is 48.5 Å². The first kappa shape index (κ1) is 24.7. The van der Waals surface area contributed by atoms with Crippen LogP contribution >= 0.6 is 0 Å². The molecule has 2 heterocycles. The van der Waals surface area contributed by atoms with Crippen molar-refractivity contribution in [3.05, 3.63) is 65.7 Å². The van der Waals surface area contributed by atoms with E-state index in [9.17, 15) is 4.79 Å². The zero-order chi connectivity index (χ0) is 23.8. The van der Waals surface area contributed by atoms with E-state index in [4.69, 9.17) is 10.5 Å². The minimum absolute atomic E-state index is 0.208. The van der Waals surface area contributed by atoms with Gasteiger partial charge in [0, 0.05) is 38.3 Å². The molecule has 2 fully saturated rings. The van der Waals surface area contributed by atoms with Crippen molar-refractivity contribution in [2.24, 2.45) is 11.1 Å². The number of likely N-dealkylation sites (tertiary alicyclic amines) is 1. The van der Waals surface area contributed by atoms with Crippen LogP contribution < -0.4 is 10.5 Å². The molecular formula is C28H40N4O2. The molecular weight excluding hydrogens is 424 g/mol. The molecule has 0 radical (unpaired) electrons. The summed E-state index contributed by atoms with van der Waals surface area (Å²) in [6, 6.07) is 18.9. The van der Waals surface area contributed by atoms with E-state index in [1.165, 1.54) is 11.1 Å². The Kier molecular flexibility index (Phi) is 8.59. The van der Waals surface area contributed by atoms with Gasteiger partial charge in [0.25, 0.3) is 0 Å². The average molecular weight is 465 g/mol. The molecule has 0 atom stereocenters. The predicted octanol–water partition coefficient (Wildman–Crippen LogP) is 3.01. The fourth-order valence-electron chi connectivity index (χ4n) is 5.32. The quantitative estimate of drug-likeness (QED) is 0.618. The number of carbonyl (C=O) groups is 1. The van der Waals surface area contributed by atoms with Crippen molar-refractivity contribution in [1.82, 2.24) is 14.7 Å². The number of nitrogens with zero attached hydrogens (tertiary/aromatic N) is 3. The smallest absolute Gasteiger partial charge is 0.236 e. The molecule has 2 saturated heterocycles. The van der Waals surface area contributed by atoms with Crippen LogP contribution in [0.15, 0.2) is 54.6 Å². The molecule has 2 aromatic rings. The van der Waals surface area contributed by atoms with Gasteiger partial charge in [0.15, 0.2) is 0 Å². The van der Waals surface area contributed by atoms with Crippen molar-refractivity contribution in [2.45, 2.75) is 32.2 Å². The van der Waals surface area contributed by atoms with Gasteiger partial charge in [0.2, 0.25) is 5.91 Å². The second-order valence-corrected chi connectivity index (χ2v) is 9.93. The molecule has 2 aliphatic heterocycles. The van der Waals surface area contributed by atoms with Crippen molar-refractivity contribution in [1.29, 1.82) is 0 Å². The molecule has 1 amide bonds. The summed E-state index contributed by atoms with van der Waals surface area (Å²) in [6.07, 6.45) is 4.37. The van der Waals surface area contributed by atoms with Crippen molar-refractivity contribution in [3.63, 3.8) is 0 Å². The zero-order valence-electron chi connectivity index (χ0n) is 20.6. The number of amides is 1. The van der Waals surface area contributed by atoms with Gasteiger partial charge in [0.05, 0.1) is 13.7 Å². The Hall–Kier alpha value is -2.41. The van der Waals surface area contributed by atoms with Gasteiger partial charge < -0.3 is 15.4 Å². The van der Waals surface area contributed by atoms with Gasteiger partial charge in [-0.05, 0) is 62.4 Å². The van der Waals surface area contributed by atoms with Crippen molar-refractivity contribution < 1.29 is 9.53 Å². The number of aryl methyl sites for hydroxylation is 1. The molecule has 0 spiro atoms.